The molecule has 1 aliphatic heterocycles. The van der Waals surface area contributed by atoms with E-state index in [0.717, 1.165) is 0 Å². The number of rotatable bonds is 4. The lowest BCUT2D eigenvalue weighted by Gasteiger charge is -2.21. The number of aliphatic hydroxyl groups excluding tert-OH is 1. The van der Waals surface area contributed by atoms with Crippen molar-refractivity contribution in [3.8, 4) is 0 Å². The molecule has 0 radical (unpaired) electrons. The lowest BCUT2D eigenvalue weighted by molar-refractivity contribution is -0.138. The maximum atomic E-state index is 11.3. The molecule has 0 aromatic rings. The third-order valence-corrected chi connectivity index (χ3v) is 2.41. The Kier molecular flexibility index (Phi) is 4.91. The van der Waals surface area contributed by atoms with E-state index in [1.807, 2.05) is 0 Å². The molecule has 6 heteroatoms. The van der Waals surface area contributed by atoms with Crippen LogP contribution in [-0.2, 0) is 14.3 Å². The number of aliphatic hydroxyl groups is 1. The van der Waals surface area contributed by atoms with Crippen molar-refractivity contribution in [1.29, 1.82) is 0 Å². The number of hydrogen-bond donors (Lipinski definition) is 1. The third kappa shape index (κ3) is 3.03. The minimum absolute atomic E-state index is 0.138. The van der Waals surface area contributed by atoms with Crippen molar-refractivity contribution in [3.05, 3.63) is 16.4 Å². The zero-order valence-corrected chi connectivity index (χ0v) is 9.14. The van der Waals surface area contributed by atoms with Crippen molar-refractivity contribution in [2.45, 2.75) is 19.8 Å². The average molecular weight is 229 g/mol. The summed E-state index contributed by atoms with van der Waals surface area (Å²) >= 11 is 0. The quantitative estimate of drug-likeness (QED) is 0.342. The maximum Gasteiger partial charge on any atom is 0.364 e. The van der Waals surface area contributed by atoms with Gasteiger partial charge in [-0.2, -0.15) is 0 Å². The molecule has 0 spiro atoms. The van der Waals surface area contributed by atoms with E-state index in [1.165, 1.54) is 0 Å². The summed E-state index contributed by atoms with van der Waals surface area (Å²) in [4.78, 5) is 21.8. The van der Waals surface area contributed by atoms with Crippen LogP contribution in [0.2, 0.25) is 0 Å². The summed E-state index contributed by atoms with van der Waals surface area (Å²) in [6.07, 6.45) is 1.15. The highest BCUT2D eigenvalue weighted by atomic mass is 16.5. The van der Waals surface area contributed by atoms with Crippen molar-refractivity contribution in [2.75, 3.05) is 19.8 Å². The molecule has 16 heavy (non-hydrogen) atoms. The number of nitrogens with zero attached hydrogens (tertiary/aromatic N) is 1. The molecule has 1 aliphatic rings. The summed E-state index contributed by atoms with van der Waals surface area (Å²) in [5, 5.41) is 12.3. The van der Waals surface area contributed by atoms with Crippen molar-refractivity contribution < 1.29 is 19.4 Å². The SMILES string of the molecule is CCOC(=O)C(N=O)=C(O)C1CCOCC1. The third-order valence-electron chi connectivity index (χ3n) is 2.41. The van der Waals surface area contributed by atoms with Crippen LogP contribution >= 0.6 is 0 Å². The predicted octanol–water partition coefficient (Wildman–Crippen LogP) is 1.51. The van der Waals surface area contributed by atoms with Gasteiger partial charge in [-0.3, -0.25) is 0 Å². The molecule has 1 saturated heterocycles. The van der Waals surface area contributed by atoms with Crippen LogP contribution in [0.3, 0.4) is 0 Å². The van der Waals surface area contributed by atoms with E-state index in [0.29, 0.717) is 26.1 Å². The van der Waals surface area contributed by atoms with Gasteiger partial charge in [-0.15, -0.1) is 4.91 Å². The van der Waals surface area contributed by atoms with Crippen molar-refractivity contribution in [2.24, 2.45) is 11.1 Å². The van der Waals surface area contributed by atoms with Crippen LogP contribution in [0.1, 0.15) is 19.8 Å². The van der Waals surface area contributed by atoms with Crippen LogP contribution < -0.4 is 0 Å². The van der Waals surface area contributed by atoms with Gasteiger partial charge >= 0.3 is 5.97 Å². The Hall–Kier alpha value is -1.43. The zero-order valence-electron chi connectivity index (χ0n) is 9.14. The lowest BCUT2D eigenvalue weighted by atomic mass is 9.97. The molecule has 0 amide bonds. The Morgan fingerprint density at radius 1 is 1.50 bits per heavy atom. The largest absolute Gasteiger partial charge is 0.509 e. The first kappa shape index (κ1) is 12.6. The normalized spacial score (nSPS) is 18.8. The first-order valence-corrected chi connectivity index (χ1v) is 5.22. The highest BCUT2D eigenvalue weighted by molar-refractivity contribution is 5.88. The predicted molar refractivity (Wildman–Crippen MR) is 55.6 cm³/mol. The second-order valence-electron chi connectivity index (χ2n) is 3.43. The van der Waals surface area contributed by atoms with Crippen LogP contribution in [-0.4, -0.2) is 30.9 Å². The maximum absolute atomic E-state index is 11.3. The number of ether oxygens (including phenoxy) is 2. The van der Waals surface area contributed by atoms with Crippen LogP contribution in [0.5, 0.6) is 0 Å². The van der Waals surface area contributed by atoms with Gasteiger partial charge in [-0.25, -0.2) is 4.79 Å². The Labute approximate surface area is 93.2 Å². The first-order chi connectivity index (χ1) is 7.70. The Morgan fingerprint density at radius 3 is 2.62 bits per heavy atom. The summed E-state index contributed by atoms with van der Waals surface area (Å²) < 4.78 is 9.74. The number of esters is 1. The van der Waals surface area contributed by atoms with Crippen LogP contribution in [0, 0.1) is 10.8 Å². The standard InChI is InChI=1S/C10H15NO5/c1-2-16-10(13)8(11-14)9(12)7-3-5-15-6-4-7/h7,12H,2-6H2,1H3. The highest BCUT2D eigenvalue weighted by Crippen LogP contribution is 2.24. The Bertz CT molecular complexity index is 294. The van der Waals surface area contributed by atoms with E-state index in [4.69, 9.17) is 4.74 Å². The van der Waals surface area contributed by atoms with E-state index in [-0.39, 0.29) is 18.3 Å². The van der Waals surface area contributed by atoms with Gasteiger partial charge in [0.05, 0.1) is 6.61 Å². The summed E-state index contributed by atoms with van der Waals surface area (Å²) in [6.45, 7) is 2.76. The molecule has 0 atom stereocenters. The van der Waals surface area contributed by atoms with E-state index in [2.05, 4.69) is 9.91 Å². The van der Waals surface area contributed by atoms with Gasteiger partial charge in [0.1, 0.15) is 5.76 Å². The molecule has 1 rings (SSSR count). The van der Waals surface area contributed by atoms with Crippen molar-refractivity contribution in [3.63, 3.8) is 0 Å². The summed E-state index contributed by atoms with van der Waals surface area (Å²) in [5.41, 5.74) is -0.520. The topological polar surface area (TPSA) is 85.2 Å². The van der Waals surface area contributed by atoms with Gasteiger partial charge in [-0.05, 0) is 24.9 Å². The lowest BCUT2D eigenvalue weighted by Crippen LogP contribution is -2.20. The van der Waals surface area contributed by atoms with Gasteiger partial charge in [0, 0.05) is 19.1 Å². The average Bonchev–Trinajstić information content (AvgIpc) is 2.31. The highest BCUT2D eigenvalue weighted by Gasteiger charge is 2.26. The second kappa shape index (κ2) is 6.22. The summed E-state index contributed by atoms with van der Waals surface area (Å²) in [7, 11) is 0. The van der Waals surface area contributed by atoms with Gasteiger partial charge in [0.2, 0.25) is 5.70 Å². The molecule has 0 bridgehead atoms. The van der Waals surface area contributed by atoms with Gasteiger partial charge in [0.15, 0.2) is 0 Å². The molecule has 0 aromatic heterocycles. The molecule has 1 heterocycles. The smallest absolute Gasteiger partial charge is 0.364 e. The number of nitroso groups, excluding NO2 is 1. The second-order valence-corrected chi connectivity index (χ2v) is 3.43. The molecular weight excluding hydrogens is 214 g/mol. The Balaban J connectivity index is 2.79. The first-order valence-electron chi connectivity index (χ1n) is 5.22. The summed E-state index contributed by atoms with van der Waals surface area (Å²) in [5.74, 6) is -1.40. The fourth-order valence-electron chi connectivity index (χ4n) is 1.55. The van der Waals surface area contributed by atoms with Gasteiger partial charge < -0.3 is 14.6 Å². The van der Waals surface area contributed by atoms with Crippen molar-refractivity contribution in [1.82, 2.24) is 0 Å². The van der Waals surface area contributed by atoms with Crippen LogP contribution in [0.4, 0.5) is 0 Å². The molecule has 1 N–H and O–H groups in total. The minimum atomic E-state index is -0.874. The fourth-order valence-corrected chi connectivity index (χ4v) is 1.55. The molecular formula is C10H15NO5. The van der Waals surface area contributed by atoms with E-state index in [1.54, 1.807) is 6.92 Å². The zero-order chi connectivity index (χ0) is 12.0. The monoisotopic (exact) mass is 229 g/mol. The number of hydrogen-bond acceptors (Lipinski definition) is 6. The van der Waals surface area contributed by atoms with E-state index >= 15 is 0 Å². The number of allylic oxidation sites excluding steroid dienone is 1. The molecule has 6 nitrogen and oxygen atoms in total. The number of carbonyl (C=O) groups excluding carboxylic acids is 1. The van der Waals surface area contributed by atoms with Crippen molar-refractivity contribution >= 4 is 5.97 Å². The van der Waals surface area contributed by atoms with Gasteiger partial charge in [-0.1, -0.05) is 0 Å². The summed E-state index contributed by atoms with van der Waals surface area (Å²) in [6, 6.07) is 0. The minimum Gasteiger partial charge on any atom is -0.509 e. The number of carbonyl (C=O) groups is 1. The molecule has 0 aliphatic carbocycles. The molecule has 0 unspecified atom stereocenters. The molecule has 90 valence electrons. The van der Waals surface area contributed by atoms with E-state index in [9.17, 15) is 14.8 Å². The molecule has 1 fully saturated rings. The van der Waals surface area contributed by atoms with Crippen LogP contribution in [0.25, 0.3) is 0 Å². The van der Waals surface area contributed by atoms with Crippen LogP contribution in [0.15, 0.2) is 16.6 Å². The van der Waals surface area contributed by atoms with E-state index < -0.39 is 11.7 Å². The molecule has 0 aromatic carbocycles. The Morgan fingerprint density at radius 2 is 2.12 bits per heavy atom. The fraction of sp³-hybridized carbons (Fsp3) is 0.700. The molecule has 0 saturated carbocycles. The van der Waals surface area contributed by atoms with Gasteiger partial charge in [0.25, 0.3) is 0 Å².